The van der Waals surface area contributed by atoms with Crippen molar-refractivity contribution in [3.05, 3.63) is 77.6 Å². The zero-order chi connectivity index (χ0) is 21.4. The van der Waals surface area contributed by atoms with Gasteiger partial charge in [-0.15, -0.1) is 10.2 Å². The fourth-order valence-electron chi connectivity index (χ4n) is 4.53. The molecule has 0 bridgehead atoms. The van der Waals surface area contributed by atoms with Crippen LogP contribution >= 0.6 is 0 Å². The lowest BCUT2D eigenvalue weighted by Gasteiger charge is -2.25. The number of halogens is 1. The lowest BCUT2D eigenvalue weighted by atomic mass is 9.89. The molecule has 0 spiro atoms. The van der Waals surface area contributed by atoms with Crippen molar-refractivity contribution in [1.82, 2.24) is 19.7 Å². The van der Waals surface area contributed by atoms with E-state index in [1.165, 1.54) is 18.2 Å². The number of aromatic nitrogens is 3. The minimum atomic E-state index is -0.421. The van der Waals surface area contributed by atoms with E-state index >= 15 is 0 Å². The summed E-state index contributed by atoms with van der Waals surface area (Å²) in [5.41, 5.74) is 1.38. The van der Waals surface area contributed by atoms with Gasteiger partial charge in [0.05, 0.1) is 6.42 Å². The summed E-state index contributed by atoms with van der Waals surface area (Å²) in [6.07, 6.45) is 1.08. The minimum absolute atomic E-state index is 0.125. The number of anilines is 1. The van der Waals surface area contributed by atoms with E-state index in [-0.39, 0.29) is 17.6 Å². The molecular formula is C23H22FN5O2. The van der Waals surface area contributed by atoms with Crippen molar-refractivity contribution in [3.8, 4) is 0 Å². The number of fused-ring (bicyclic) bond motifs is 2. The second-order valence-electron chi connectivity index (χ2n) is 8.20. The summed E-state index contributed by atoms with van der Waals surface area (Å²) in [7, 11) is 0. The Morgan fingerprint density at radius 2 is 1.81 bits per heavy atom. The third-order valence-corrected chi connectivity index (χ3v) is 6.10. The van der Waals surface area contributed by atoms with Gasteiger partial charge in [0.1, 0.15) is 11.6 Å². The molecule has 0 aliphatic carbocycles. The van der Waals surface area contributed by atoms with Crippen molar-refractivity contribution in [1.29, 1.82) is 0 Å². The molecule has 0 unspecified atom stereocenters. The Morgan fingerprint density at radius 1 is 1.00 bits per heavy atom. The topological polar surface area (TPSA) is 80.1 Å². The fraction of sp³-hybridized carbons (Fsp3) is 0.304. The van der Waals surface area contributed by atoms with Gasteiger partial charge >= 0.3 is 0 Å². The number of hydrogen-bond donors (Lipinski definition) is 1. The maximum Gasteiger partial charge on any atom is 0.293 e. The van der Waals surface area contributed by atoms with Crippen LogP contribution in [0.4, 0.5) is 10.1 Å². The maximum absolute atomic E-state index is 13.4. The normalized spacial score (nSPS) is 19.6. The molecule has 2 aliphatic heterocycles. The van der Waals surface area contributed by atoms with E-state index in [4.69, 9.17) is 0 Å². The number of carbonyl (C=O) groups is 2. The third-order valence-electron chi connectivity index (χ3n) is 6.10. The SMILES string of the molecule is O=C(Nc1cccc(F)c1)c1nnc2n1C[C@@H]1CN(C(=O)Cc3ccccc3)C[C@@H]1C2. The maximum atomic E-state index is 13.4. The zero-order valence-corrected chi connectivity index (χ0v) is 16.9. The summed E-state index contributed by atoms with van der Waals surface area (Å²) >= 11 is 0. The van der Waals surface area contributed by atoms with Crippen molar-refractivity contribution in [3.63, 3.8) is 0 Å². The average molecular weight is 419 g/mol. The zero-order valence-electron chi connectivity index (χ0n) is 16.9. The van der Waals surface area contributed by atoms with Crippen LogP contribution < -0.4 is 5.32 Å². The van der Waals surface area contributed by atoms with Crippen LogP contribution in [-0.4, -0.2) is 44.6 Å². The molecule has 2 aliphatic rings. The van der Waals surface area contributed by atoms with Crippen LogP contribution in [0.1, 0.15) is 22.0 Å². The molecule has 2 aromatic carbocycles. The standard InChI is InChI=1S/C23H22FN5O2/c24-18-7-4-8-19(11-18)25-23(31)22-27-26-20-10-16-12-28(13-17(16)14-29(20)22)21(30)9-15-5-2-1-3-6-15/h1-8,11,16-17H,9-10,12-14H2,(H,25,31)/t16-,17-/m0/s1. The summed E-state index contributed by atoms with van der Waals surface area (Å²) in [6.45, 7) is 1.96. The highest BCUT2D eigenvalue weighted by molar-refractivity contribution is 6.01. The first-order valence-electron chi connectivity index (χ1n) is 10.4. The van der Waals surface area contributed by atoms with E-state index in [0.717, 1.165) is 11.4 Å². The minimum Gasteiger partial charge on any atom is -0.342 e. The molecule has 0 saturated carbocycles. The van der Waals surface area contributed by atoms with Crippen molar-refractivity contribution < 1.29 is 14.0 Å². The Labute approximate surface area is 178 Å². The molecule has 7 nitrogen and oxygen atoms in total. The van der Waals surface area contributed by atoms with E-state index in [1.54, 1.807) is 6.07 Å². The summed E-state index contributed by atoms with van der Waals surface area (Å²) < 4.78 is 15.2. The van der Waals surface area contributed by atoms with Crippen molar-refractivity contribution >= 4 is 17.5 Å². The first kappa shape index (κ1) is 19.4. The van der Waals surface area contributed by atoms with Crippen LogP contribution in [0.25, 0.3) is 0 Å². The Bertz CT molecular complexity index is 1130. The molecule has 1 fully saturated rings. The van der Waals surface area contributed by atoms with Crippen LogP contribution in [0.3, 0.4) is 0 Å². The van der Waals surface area contributed by atoms with E-state index in [0.29, 0.717) is 44.1 Å². The van der Waals surface area contributed by atoms with Gasteiger partial charge in [0.2, 0.25) is 11.7 Å². The number of hydrogen-bond acceptors (Lipinski definition) is 4. The van der Waals surface area contributed by atoms with Gasteiger partial charge < -0.3 is 14.8 Å². The van der Waals surface area contributed by atoms with E-state index < -0.39 is 11.7 Å². The Morgan fingerprint density at radius 3 is 2.61 bits per heavy atom. The van der Waals surface area contributed by atoms with Crippen LogP contribution in [0.2, 0.25) is 0 Å². The fourth-order valence-corrected chi connectivity index (χ4v) is 4.53. The van der Waals surface area contributed by atoms with Crippen LogP contribution in [0.5, 0.6) is 0 Å². The molecule has 158 valence electrons. The van der Waals surface area contributed by atoms with Crippen LogP contribution in [0.15, 0.2) is 54.6 Å². The van der Waals surface area contributed by atoms with Crippen molar-refractivity contribution in [2.75, 3.05) is 18.4 Å². The van der Waals surface area contributed by atoms with Gasteiger partial charge in [0.15, 0.2) is 0 Å². The van der Waals surface area contributed by atoms with Gasteiger partial charge in [-0.3, -0.25) is 9.59 Å². The third kappa shape index (κ3) is 3.93. The van der Waals surface area contributed by atoms with Gasteiger partial charge in [-0.2, -0.15) is 0 Å². The summed E-state index contributed by atoms with van der Waals surface area (Å²) in [5, 5.41) is 11.0. The van der Waals surface area contributed by atoms with Gasteiger partial charge in [-0.1, -0.05) is 36.4 Å². The van der Waals surface area contributed by atoms with Crippen molar-refractivity contribution in [2.24, 2.45) is 11.8 Å². The second-order valence-corrected chi connectivity index (χ2v) is 8.20. The number of likely N-dealkylation sites (tertiary alicyclic amines) is 1. The van der Waals surface area contributed by atoms with Gasteiger partial charge in [0.25, 0.3) is 5.91 Å². The largest absolute Gasteiger partial charge is 0.342 e. The number of rotatable bonds is 4. The molecule has 2 amide bonds. The van der Waals surface area contributed by atoms with Gasteiger partial charge in [-0.25, -0.2) is 4.39 Å². The number of nitrogens with zero attached hydrogens (tertiary/aromatic N) is 4. The predicted molar refractivity (Wildman–Crippen MR) is 112 cm³/mol. The van der Waals surface area contributed by atoms with Crippen molar-refractivity contribution in [2.45, 2.75) is 19.4 Å². The van der Waals surface area contributed by atoms with E-state index in [1.807, 2.05) is 39.8 Å². The Kier molecular flexibility index (Phi) is 4.97. The van der Waals surface area contributed by atoms with E-state index in [2.05, 4.69) is 15.5 Å². The number of benzene rings is 2. The smallest absolute Gasteiger partial charge is 0.293 e. The molecule has 1 N–H and O–H groups in total. The van der Waals surface area contributed by atoms with Gasteiger partial charge in [0, 0.05) is 31.7 Å². The lowest BCUT2D eigenvalue weighted by molar-refractivity contribution is -0.129. The summed E-state index contributed by atoms with van der Waals surface area (Å²) in [5.74, 6) is 0.822. The Balaban J connectivity index is 1.27. The lowest BCUT2D eigenvalue weighted by Crippen LogP contribution is -2.31. The van der Waals surface area contributed by atoms with Gasteiger partial charge in [-0.05, 0) is 35.6 Å². The molecule has 1 saturated heterocycles. The van der Waals surface area contributed by atoms with Crippen LogP contribution in [0, 0.1) is 17.7 Å². The number of nitrogens with one attached hydrogen (secondary N) is 1. The molecule has 3 aromatic rings. The second kappa shape index (κ2) is 7.94. The molecule has 31 heavy (non-hydrogen) atoms. The molecule has 5 rings (SSSR count). The monoisotopic (exact) mass is 419 g/mol. The number of carbonyl (C=O) groups excluding carboxylic acids is 2. The van der Waals surface area contributed by atoms with Crippen LogP contribution in [-0.2, 0) is 24.2 Å². The highest BCUT2D eigenvalue weighted by atomic mass is 19.1. The first-order valence-corrected chi connectivity index (χ1v) is 10.4. The predicted octanol–water partition coefficient (Wildman–Crippen LogP) is 2.54. The highest BCUT2D eigenvalue weighted by Crippen LogP contribution is 2.33. The first-order chi connectivity index (χ1) is 15.1. The summed E-state index contributed by atoms with van der Waals surface area (Å²) in [6, 6.07) is 15.5. The summed E-state index contributed by atoms with van der Waals surface area (Å²) in [4.78, 5) is 27.4. The molecule has 0 radical (unpaired) electrons. The molecule has 1 aromatic heterocycles. The van der Waals surface area contributed by atoms with E-state index in [9.17, 15) is 14.0 Å². The molecule has 2 atom stereocenters. The molecule has 8 heteroatoms. The quantitative estimate of drug-likeness (QED) is 0.705. The average Bonchev–Trinajstić information content (AvgIpc) is 3.36. The Hall–Kier alpha value is -3.55. The highest BCUT2D eigenvalue weighted by Gasteiger charge is 2.40. The molecule has 3 heterocycles. The molecular weight excluding hydrogens is 397 g/mol. The number of amides is 2.